The van der Waals surface area contributed by atoms with Crippen LogP contribution in [-0.2, 0) is 9.47 Å². The molecule has 1 heterocycles. The summed E-state index contributed by atoms with van der Waals surface area (Å²) in [4.78, 5) is 0. The lowest BCUT2D eigenvalue weighted by Crippen LogP contribution is -2.25. The largest absolute Gasteiger partial charge is 0.393 e. The van der Waals surface area contributed by atoms with Gasteiger partial charge in [0.2, 0.25) is 0 Å². The van der Waals surface area contributed by atoms with E-state index in [2.05, 4.69) is 13.8 Å². The molecule has 0 aromatic heterocycles. The molecule has 1 fully saturated rings. The molecule has 0 radical (unpaired) electrons. The third-order valence-corrected chi connectivity index (χ3v) is 4.09. The van der Waals surface area contributed by atoms with Crippen molar-refractivity contribution in [2.45, 2.75) is 84.0 Å². The lowest BCUT2D eigenvalue weighted by Gasteiger charge is -2.22. The maximum absolute atomic E-state index is 9.96. The van der Waals surface area contributed by atoms with Gasteiger partial charge in [-0.15, -0.1) is 0 Å². The Morgan fingerprint density at radius 2 is 1.74 bits per heavy atom. The van der Waals surface area contributed by atoms with Gasteiger partial charge in [0.15, 0.2) is 5.79 Å². The molecule has 1 N–H and O–H groups in total. The highest BCUT2D eigenvalue weighted by Crippen LogP contribution is 2.25. The van der Waals surface area contributed by atoms with Gasteiger partial charge in [-0.05, 0) is 38.5 Å². The molecule has 3 heteroatoms. The van der Waals surface area contributed by atoms with Gasteiger partial charge in [-0.3, -0.25) is 0 Å². The molecule has 1 aliphatic rings. The smallest absolute Gasteiger partial charge is 0.165 e. The average Bonchev–Trinajstić information content (AvgIpc) is 2.80. The van der Waals surface area contributed by atoms with Crippen LogP contribution in [0.15, 0.2) is 0 Å². The molecule has 2 atom stereocenters. The minimum atomic E-state index is -0.361. The molecule has 1 saturated heterocycles. The van der Waals surface area contributed by atoms with E-state index in [0.29, 0.717) is 13.2 Å². The number of aliphatic hydroxyl groups is 1. The Kier molecular flexibility index (Phi) is 7.96. The molecular weight excluding hydrogens is 240 g/mol. The van der Waals surface area contributed by atoms with Crippen molar-refractivity contribution in [3.63, 3.8) is 0 Å². The van der Waals surface area contributed by atoms with E-state index in [1.54, 1.807) is 0 Å². The summed E-state index contributed by atoms with van der Waals surface area (Å²) in [6, 6.07) is 0. The molecule has 0 aromatic carbocycles. The van der Waals surface area contributed by atoms with Crippen molar-refractivity contribution in [1.29, 1.82) is 0 Å². The van der Waals surface area contributed by atoms with Gasteiger partial charge in [0.1, 0.15) is 0 Å². The summed E-state index contributed by atoms with van der Waals surface area (Å²) in [5.41, 5.74) is 0. The van der Waals surface area contributed by atoms with Crippen LogP contribution in [0.5, 0.6) is 0 Å². The summed E-state index contributed by atoms with van der Waals surface area (Å²) < 4.78 is 11.1. The number of aliphatic hydroxyl groups excluding tert-OH is 1. The van der Waals surface area contributed by atoms with Crippen molar-refractivity contribution in [3.8, 4) is 0 Å². The van der Waals surface area contributed by atoms with Crippen molar-refractivity contribution in [2.75, 3.05) is 13.2 Å². The molecule has 1 aliphatic heterocycles. The first-order chi connectivity index (χ1) is 9.06. The van der Waals surface area contributed by atoms with Crippen molar-refractivity contribution >= 4 is 0 Å². The zero-order valence-corrected chi connectivity index (χ0v) is 13.0. The first-order valence-corrected chi connectivity index (χ1v) is 8.01. The third-order valence-electron chi connectivity index (χ3n) is 4.09. The van der Waals surface area contributed by atoms with Crippen LogP contribution in [0.2, 0.25) is 0 Å². The topological polar surface area (TPSA) is 38.7 Å². The Bertz CT molecular complexity index is 224. The quantitative estimate of drug-likeness (QED) is 0.613. The molecule has 0 bridgehead atoms. The van der Waals surface area contributed by atoms with Crippen molar-refractivity contribution in [2.24, 2.45) is 5.92 Å². The maximum Gasteiger partial charge on any atom is 0.165 e. The maximum atomic E-state index is 9.96. The summed E-state index contributed by atoms with van der Waals surface area (Å²) in [5.74, 6) is 0.388. The lowest BCUT2D eigenvalue weighted by atomic mass is 9.96. The predicted molar refractivity (Wildman–Crippen MR) is 78.1 cm³/mol. The summed E-state index contributed by atoms with van der Waals surface area (Å²) >= 11 is 0. The molecule has 0 aliphatic carbocycles. The number of rotatable bonds is 10. The Hall–Kier alpha value is -0.120. The molecule has 1 rings (SSSR count). The van der Waals surface area contributed by atoms with Crippen molar-refractivity contribution in [3.05, 3.63) is 0 Å². The number of unbranched alkanes of at least 4 members (excludes halogenated alkanes) is 1. The second-order valence-electron chi connectivity index (χ2n) is 6.20. The summed E-state index contributed by atoms with van der Waals surface area (Å²) in [5, 5.41) is 9.96. The fraction of sp³-hybridized carbons (Fsp3) is 1.00. The van der Waals surface area contributed by atoms with Gasteiger partial charge < -0.3 is 14.6 Å². The van der Waals surface area contributed by atoms with E-state index in [0.717, 1.165) is 44.4 Å². The fourth-order valence-corrected chi connectivity index (χ4v) is 2.79. The molecule has 0 spiro atoms. The van der Waals surface area contributed by atoms with Crippen molar-refractivity contribution < 1.29 is 14.6 Å². The summed E-state index contributed by atoms with van der Waals surface area (Å²) in [6.07, 6.45) is 8.47. The molecule has 0 aromatic rings. The Labute approximate surface area is 118 Å². The molecule has 0 amide bonds. The first-order valence-electron chi connectivity index (χ1n) is 8.01. The molecule has 3 nitrogen and oxygen atoms in total. The van der Waals surface area contributed by atoms with E-state index >= 15 is 0 Å². The number of ether oxygens (including phenoxy) is 2. The normalized spacial score (nSPS) is 21.5. The van der Waals surface area contributed by atoms with Crippen LogP contribution in [0.3, 0.4) is 0 Å². The average molecular weight is 272 g/mol. The fourth-order valence-electron chi connectivity index (χ4n) is 2.79. The second-order valence-corrected chi connectivity index (χ2v) is 6.20. The highest BCUT2D eigenvalue weighted by Gasteiger charge is 2.29. The zero-order valence-electron chi connectivity index (χ0n) is 13.0. The first kappa shape index (κ1) is 16.9. The Balaban J connectivity index is 1.99. The van der Waals surface area contributed by atoms with Crippen LogP contribution in [0.1, 0.15) is 72.1 Å². The van der Waals surface area contributed by atoms with Gasteiger partial charge in [-0.2, -0.15) is 0 Å². The van der Waals surface area contributed by atoms with Crippen molar-refractivity contribution in [1.82, 2.24) is 0 Å². The van der Waals surface area contributed by atoms with E-state index in [-0.39, 0.29) is 11.9 Å². The third kappa shape index (κ3) is 7.28. The van der Waals surface area contributed by atoms with Crippen LogP contribution >= 0.6 is 0 Å². The number of hydrogen-bond donors (Lipinski definition) is 1. The minimum Gasteiger partial charge on any atom is -0.393 e. The zero-order chi connectivity index (χ0) is 14.1. The molecular formula is C16H32O3. The van der Waals surface area contributed by atoms with Gasteiger partial charge in [0.05, 0.1) is 19.3 Å². The highest BCUT2D eigenvalue weighted by atomic mass is 16.7. The van der Waals surface area contributed by atoms with Crippen LogP contribution < -0.4 is 0 Å². The van der Waals surface area contributed by atoms with Gasteiger partial charge in [0, 0.05) is 6.42 Å². The molecule has 0 saturated carbocycles. The molecule has 19 heavy (non-hydrogen) atoms. The van der Waals surface area contributed by atoms with E-state index in [4.69, 9.17) is 9.47 Å². The highest BCUT2D eigenvalue weighted by molar-refractivity contribution is 4.68. The van der Waals surface area contributed by atoms with Crippen LogP contribution in [0, 0.1) is 5.92 Å². The summed E-state index contributed by atoms with van der Waals surface area (Å²) in [6.45, 7) is 7.96. The minimum absolute atomic E-state index is 0.127. The van der Waals surface area contributed by atoms with E-state index in [1.807, 2.05) is 6.92 Å². The SMILES string of the molecule is CCCC(C)CCC(O)CCCCC1(C)OCCO1. The predicted octanol–water partition coefficient (Wildman–Crippen LogP) is 3.89. The molecule has 2 unspecified atom stereocenters. The lowest BCUT2D eigenvalue weighted by molar-refractivity contribution is -0.147. The van der Waals surface area contributed by atoms with E-state index in [1.165, 1.54) is 12.8 Å². The van der Waals surface area contributed by atoms with E-state index < -0.39 is 0 Å². The molecule has 114 valence electrons. The standard InChI is InChI=1S/C16H32O3/c1-4-7-14(2)9-10-15(17)8-5-6-11-16(3)18-12-13-19-16/h14-15,17H,4-13H2,1-3H3. The van der Waals surface area contributed by atoms with Gasteiger partial charge in [-0.1, -0.05) is 33.1 Å². The van der Waals surface area contributed by atoms with Gasteiger partial charge >= 0.3 is 0 Å². The monoisotopic (exact) mass is 272 g/mol. The Morgan fingerprint density at radius 1 is 1.05 bits per heavy atom. The van der Waals surface area contributed by atoms with Crippen LogP contribution in [0.25, 0.3) is 0 Å². The Morgan fingerprint density at radius 3 is 2.37 bits per heavy atom. The van der Waals surface area contributed by atoms with Gasteiger partial charge in [0.25, 0.3) is 0 Å². The van der Waals surface area contributed by atoms with Crippen LogP contribution in [0.4, 0.5) is 0 Å². The second kappa shape index (κ2) is 8.93. The van der Waals surface area contributed by atoms with Crippen LogP contribution in [-0.4, -0.2) is 30.2 Å². The van der Waals surface area contributed by atoms with E-state index in [9.17, 15) is 5.11 Å². The number of hydrogen-bond acceptors (Lipinski definition) is 3. The van der Waals surface area contributed by atoms with Gasteiger partial charge in [-0.25, -0.2) is 0 Å². The summed E-state index contributed by atoms with van der Waals surface area (Å²) in [7, 11) is 0.